The Morgan fingerprint density at radius 1 is 1.00 bits per heavy atom. The number of rotatable bonds is 1. The minimum absolute atomic E-state index is 0.0685. The molecule has 1 radical (unpaired) electrons. The van der Waals surface area contributed by atoms with Crippen LogP contribution in [0.25, 0.3) is 0 Å². The molecule has 0 aliphatic carbocycles. The van der Waals surface area contributed by atoms with Crippen LogP contribution in [0.3, 0.4) is 0 Å². The lowest BCUT2D eigenvalue weighted by atomic mass is 9.49. The first-order chi connectivity index (χ1) is 7.06. The summed E-state index contributed by atoms with van der Waals surface area (Å²) >= 11 is 0. The van der Waals surface area contributed by atoms with Crippen molar-refractivity contribution in [3.8, 4) is 0 Å². The Morgan fingerprint density at radius 3 is 2.33 bits per heavy atom. The van der Waals surface area contributed by atoms with E-state index in [0.29, 0.717) is 5.31 Å². The molecule has 85 valence electrons. The second-order valence-electron chi connectivity index (χ2n) is 5.73. The molecule has 15 heavy (non-hydrogen) atoms. The molecule has 2 aliphatic rings. The lowest BCUT2D eigenvalue weighted by molar-refractivity contribution is 0.462. The van der Waals surface area contributed by atoms with Crippen molar-refractivity contribution < 1.29 is 4.21 Å². The molecule has 3 unspecified atom stereocenters. The number of hydrogen-bond donors (Lipinski definition) is 0. The number of fused-ring (bicyclic) bond motifs is 2. The molecule has 0 amide bonds. The largest absolute Gasteiger partial charge is 0.260 e. The van der Waals surface area contributed by atoms with Crippen LogP contribution in [0.4, 0.5) is 0 Å². The zero-order valence-electron chi connectivity index (χ0n) is 10.1. The van der Waals surface area contributed by atoms with Gasteiger partial charge in [0.05, 0.1) is 0 Å². The van der Waals surface area contributed by atoms with Gasteiger partial charge in [-0.25, -0.2) is 0 Å². The quantitative estimate of drug-likeness (QED) is 0.627. The van der Waals surface area contributed by atoms with Gasteiger partial charge in [-0.05, 0) is 12.8 Å². The van der Waals surface area contributed by atoms with Crippen molar-refractivity contribution in [3.63, 3.8) is 0 Å². The highest BCUT2D eigenvalue weighted by molar-refractivity contribution is 7.87. The van der Waals surface area contributed by atoms with Gasteiger partial charge < -0.3 is 0 Å². The molecule has 2 saturated heterocycles. The summed E-state index contributed by atoms with van der Waals surface area (Å²) in [5.74, 6) is 0. The normalized spacial score (nSPS) is 43.6. The summed E-state index contributed by atoms with van der Waals surface area (Å²) in [5, 5.41) is 0.385. The van der Waals surface area contributed by atoms with Crippen molar-refractivity contribution in [2.45, 2.75) is 68.3 Å². The third-order valence-corrected chi connectivity index (χ3v) is 6.07. The Balaban J connectivity index is 2.19. The van der Waals surface area contributed by atoms with Crippen LogP contribution in [0.5, 0.6) is 0 Å². The topological polar surface area (TPSA) is 17.1 Å². The third-order valence-electron chi connectivity index (χ3n) is 4.40. The van der Waals surface area contributed by atoms with E-state index in [2.05, 4.69) is 14.2 Å². The minimum Gasteiger partial charge on any atom is -0.260 e. The molecular weight excluding hydrogens is 203 g/mol. The van der Waals surface area contributed by atoms with Crippen LogP contribution in [0.15, 0.2) is 0 Å². The zero-order chi connectivity index (χ0) is 10.9. The first-order valence-electron chi connectivity index (χ1n) is 6.27. The molecule has 2 rings (SSSR count). The predicted molar refractivity (Wildman–Crippen MR) is 67.9 cm³/mol. The van der Waals surface area contributed by atoms with Gasteiger partial charge in [-0.3, -0.25) is 4.21 Å². The molecule has 3 heteroatoms. The maximum absolute atomic E-state index is 12.0. The van der Waals surface area contributed by atoms with E-state index in [1.165, 1.54) is 38.5 Å². The summed E-state index contributed by atoms with van der Waals surface area (Å²) in [6, 6.07) is 0. The molecule has 0 aromatic rings. The molecule has 0 aromatic carbocycles. The van der Waals surface area contributed by atoms with Crippen molar-refractivity contribution in [2.24, 2.45) is 0 Å². The van der Waals surface area contributed by atoms with Crippen molar-refractivity contribution in [2.75, 3.05) is 6.26 Å². The van der Waals surface area contributed by atoms with Crippen molar-refractivity contribution in [3.05, 3.63) is 0 Å². The average Bonchev–Trinajstić information content (AvgIpc) is 2.55. The van der Waals surface area contributed by atoms with Gasteiger partial charge in [-0.2, -0.15) is 0 Å². The fraction of sp³-hybridized carbons (Fsp3) is 1.00. The summed E-state index contributed by atoms with van der Waals surface area (Å²) in [6.45, 7) is 2.37. The molecule has 2 heterocycles. The lowest BCUT2D eigenvalue weighted by Crippen LogP contribution is -2.38. The maximum atomic E-state index is 12.0. The highest BCUT2D eigenvalue weighted by Crippen LogP contribution is 2.51. The van der Waals surface area contributed by atoms with Gasteiger partial charge in [-0.15, -0.1) is 0 Å². The summed E-state index contributed by atoms with van der Waals surface area (Å²) in [7, 11) is 1.80. The second-order valence-corrected chi connectivity index (χ2v) is 7.45. The molecule has 3 atom stereocenters. The monoisotopic (exact) mass is 225 g/mol. The molecule has 0 spiro atoms. The van der Waals surface area contributed by atoms with E-state index in [1.54, 1.807) is 0 Å². The van der Waals surface area contributed by atoms with Crippen LogP contribution in [0.1, 0.15) is 58.3 Å². The van der Waals surface area contributed by atoms with Crippen LogP contribution < -0.4 is 0 Å². The smallest absolute Gasteiger partial charge is 0.142 e. The van der Waals surface area contributed by atoms with Crippen LogP contribution in [0, 0.1) is 0 Å². The summed E-state index contributed by atoms with van der Waals surface area (Å²) in [5.41, 5.74) is 0. The first-order valence-corrected chi connectivity index (χ1v) is 7.83. The molecule has 1 nitrogen and oxygen atoms in total. The van der Waals surface area contributed by atoms with Crippen LogP contribution in [0.2, 0.25) is 5.31 Å². The van der Waals surface area contributed by atoms with Gasteiger partial charge in [0.2, 0.25) is 0 Å². The fourth-order valence-electron chi connectivity index (χ4n) is 3.35. The van der Waals surface area contributed by atoms with E-state index in [9.17, 15) is 4.21 Å². The van der Waals surface area contributed by atoms with Crippen LogP contribution >= 0.6 is 0 Å². The highest BCUT2D eigenvalue weighted by atomic mass is 32.2. The van der Waals surface area contributed by atoms with E-state index in [0.717, 1.165) is 12.8 Å². The number of hydrogen-bond acceptors (Lipinski definition) is 1. The third kappa shape index (κ3) is 2.32. The highest BCUT2D eigenvalue weighted by Gasteiger charge is 2.48. The Labute approximate surface area is 97.1 Å². The van der Waals surface area contributed by atoms with Crippen molar-refractivity contribution >= 4 is 18.1 Å². The Kier molecular flexibility index (Phi) is 3.30. The summed E-state index contributed by atoms with van der Waals surface area (Å²) < 4.78 is 12.0. The van der Waals surface area contributed by atoms with Crippen LogP contribution in [-0.2, 0) is 10.8 Å². The van der Waals surface area contributed by atoms with E-state index in [-0.39, 0.29) is 4.65 Å². The van der Waals surface area contributed by atoms with Crippen molar-refractivity contribution in [1.82, 2.24) is 0 Å². The molecule has 0 saturated carbocycles. The Hall–Kier alpha value is 0.215. The lowest BCUT2D eigenvalue weighted by Gasteiger charge is -2.28. The zero-order valence-corrected chi connectivity index (χ0v) is 10.9. The fourth-order valence-corrected chi connectivity index (χ4v) is 4.62. The molecule has 2 aliphatic heterocycles. The Morgan fingerprint density at radius 2 is 1.67 bits per heavy atom. The van der Waals surface area contributed by atoms with E-state index < -0.39 is 10.8 Å². The SMILES string of the molecule is CS(=O)C12[B]C(C)(CCCCCC1)CC2. The molecule has 2 fully saturated rings. The van der Waals surface area contributed by atoms with E-state index in [4.69, 9.17) is 0 Å². The second kappa shape index (κ2) is 4.23. The van der Waals surface area contributed by atoms with Gasteiger partial charge in [0, 0.05) is 21.7 Å². The van der Waals surface area contributed by atoms with Gasteiger partial charge in [0.15, 0.2) is 0 Å². The minimum atomic E-state index is -0.677. The standard InChI is InChI=1S/C12H22BOS/c1-11-7-5-3-4-6-8-12(13-11,10-9-11)15(2)14/h3-10H2,1-2H3. The van der Waals surface area contributed by atoms with Gasteiger partial charge in [-0.1, -0.05) is 50.8 Å². The average molecular weight is 225 g/mol. The maximum Gasteiger partial charge on any atom is 0.142 e. The summed E-state index contributed by atoms with van der Waals surface area (Å²) in [6.07, 6.45) is 12.1. The van der Waals surface area contributed by atoms with Crippen molar-refractivity contribution in [1.29, 1.82) is 0 Å². The molecule has 0 N–H and O–H groups in total. The molecule has 2 bridgehead atoms. The Bertz CT molecular complexity index is 268. The van der Waals surface area contributed by atoms with E-state index in [1.807, 2.05) is 6.26 Å². The molecule has 0 aromatic heterocycles. The molecular formula is C12H22BOS. The van der Waals surface area contributed by atoms with Gasteiger partial charge in [0.25, 0.3) is 0 Å². The van der Waals surface area contributed by atoms with Gasteiger partial charge in [0.1, 0.15) is 7.28 Å². The van der Waals surface area contributed by atoms with E-state index >= 15 is 0 Å². The predicted octanol–water partition coefficient (Wildman–Crippen LogP) is 3.09. The van der Waals surface area contributed by atoms with Gasteiger partial charge >= 0.3 is 0 Å². The summed E-state index contributed by atoms with van der Waals surface area (Å²) in [4.78, 5) is 0. The first kappa shape index (κ1) is 11.7. The van der Waals surface area contributed by atoms with Crippen LogP contribution in [-0.4, -0.2) is 22.4 Å².